The topological polar surface area (TPSA) is 52.3 Å². The number of rotatable bonds is 13. The molecule has 3 nitrogen and oxygen atoms in total. The zero-order valence-corrected chi connectivity index (χ0v) is 13.9. The van der Waals surface area contributed by atoms with Crippen molar-refractivity contribution in [2.45, 2.75) is 104 Å². The van der Waals surface area contributed by atoms with Crippen molar-refractivity contribution in [3.63, 3.8) is 0 Å². The fourth-order valence-electron chi connectivity index (χ4n) is 2.28. The molecule has 0 saturated carbocycles. The van der Waals surface area contributed by atoms with Crippen LogP contribution in [0.3, 0.4) is 0 Å². The van der Waals surface area contributed by atoms with Crippen LogP contribution in [-0.4, -0.2) is 11.7 Å². The molecule has 0 aromatic heterocycles. The molecule has 0 rings (SSSR count). The predicted octanol–water partition coefficient (Wildman–Crippen LogP) is 4.93. The summed E-state index contributed by atoms with van der Waals surface area (Å²) in [5.74, 6) is -0.173. The Bertz CT molecular complexity index is 234. The lowest BCUT2D eigenvalue weighted by atomic mass is 10.1. The van der Waals surface area contributed by atoms with Crippen molar-refractivity contribution in [3.8, 4) is 0 Å². The van der Waals surface area contributed by atoms with Crippen molar-refractivity contribution in [1.29, 1.82) is 0 Å². The van der Waals surface area contributed by atoms with Crippen LogP contribution in [0.1, 0.15) is 97.8 Å². The lowest BCUT2D eigenvalue weighted by molar-refractivity contribution is -0.156. The summed E-state index contributed by atoms with van der Waals surface area (Å²) in [5.41, 5.74) is 4.78. The molecule has 0 aliphatic heterocycles. The lowest BCUT2D eigenvalue weighted by Gasteiger charge is -2.19. The molecule has 0 aliphatic carbocycles. The molecule has 0 saturated heterocycles. The second-order valence-corrected chi connectivity index (χ2v) is 6.36. The molecule has 0 aromatic rings. The minimum atomic E-state index is -0.838. The number of unbranched alkanes of at least 4 members (excludes halogenated alkanes) is 10. The maximum absolute atomic E-state index is 11.4. The van der Waals surface area contributed by atoms with Crippen molar-refractivity contribution in [2.75, 3.05) is 0 Å². The average molecular weight is 285 g/mol. The van der Waals surface area contributed by atoms with Gasteiger partial charge in [-0.1, -0.05) is 71.1 Å². The molecule has 0 aromatic carbocycles. The first kappa shape index (κ1) is 19.4. The normalized spacial score (nSPS) is 11.6. The van der Waals surface area contributed by atoms with Crippen molar-refractivity contribution in [3.05, 3.63) is 0 Å². The lowest BCUT2D eigenvalue weighted by Crippen LogP contribution is -2.37. The second-order valence-electron chi connectivity index (χ2n) is 6.36. The van der Waals surface area contributed by atoms with Crippen molar-refractivity contribution in [2.24, 2.45) is 5.73 Å². The Labute approximate surface area is 125 Å². The van der Waals surface area contributed by atoms with Gasteiger partial charge in [0.2, 0.25) is 0 Å². The first-order chi connectivity index (χ1) is 9.45. The van der Waals surface area contributed by atoms with E-state index < -0.39 is 5.72 Å². The predicted molar refractivity (Wildman–Crippen MR) is 85.4 cm³/mol. The molecular weight excluding hydrogens is 250 g/mol. The molecule has 0 bridgehead atoms. The molecule has 3 heteroatoms. The molecule has 120 valence electrons. The number of carbonyl (C=O) groups excluding carboxylic acids is 1. The molecule has 0 aliphatic rings. The Hall–Kier alpha value is -0.570. The maximum atomic E-state index is 11.4. The van der Waals surface area contributed by atoms with Crippen LogP contribution in [0.15, 0.2) is 0 Å². The zero-order chi connectivity index (χ0) is 15.3. The molecule has 0 radical (unpaired) electrons. The molecule has 20 heavy (non-hydrogen) atoms. The van der Waals surface area contributed by atoms with Gasteiger partial charge in [-0.15, -0.1) is 0 Å². The molecule has 0 atom stereocenters. The van der Waals surface area contributed by atoms with Gasteiger partial charge in [-0.25, -0.2) is 0 Å². The first-order valence-electron chi connectivity index (χ1n) is 8.46. The van der Waals surface area contributed by atoms with Gasteiger partial charge < -0.3 is 4.74 Å². The highest BCUT2D eigenvalue weighted by atomic mass is 16.6. The number of esters is 1. The Balaban J connectivity index is 3.19. The van der Waals surface area contributed by atoms with Gasteiger partial charge in [0.1, 0.15) is 0 Å². The van der Waals surface area contributed by atoms with Gasteiger partial charge in [0.25, 0.3) is 0 Å². The third-order valence-corrected chi connectivity index (χ3v) is 3.36. The van der Waals surface area contributed by atoms with Crippen LogP contribution in [0.5, 0.6) is 0 Å². The average Bonchev–Trinajstić information content (AvgIpc) is 2.34. The van der Waals surface area contributed by atoms with E-state index >= 15 is 0 Å². The summed E-state index contributed by atoms with van der Waals surface area (Å²) in [7, 11) is 0. The Morgan fingerprint density at radius 1 is 0.850 bits per heavy atom. The number of carbonyl (C=O) groups is 1. The highest BCUT2D eigenvalue weighted by molar-refractivity contribution is 5.69. The van der Waals surface area contributed by atoms with Gasteiger partial charge in [0.05, 0.1) is 0 Å². The minimum Gasteiger partial charge on any atom is -0.445 e. The SMILES string of the molecule is CCCCCCCCCCCCCC(=O)OC(C)(C)N. The molecular formula is C17H35NO2. The Morgan fingerprint density at radius 2 is 1.25 bits per heavy atom. The van der Waals surface area contributed by atoms with E-state index in [0.717, 1.165) is 12.8 Å². The van der Waals surface area contributed by atoms with E-state index in [0.29, 0.717) is 6.42 Å². The summed E-state index contributed by atoms with van der Waals surface area (Å²) in [6.45, 7) is 5.65. The zero-order valence-electron chi connectivity index (χ0n) is 13.9. The van der Waals surface area contributed by atoms with Crippen LogP contribution >= 0.6 is 0 Å². The van der Waals surface area contributed by atoms with E-state index in [-0.39, 0.29) is 5.97 Å². The van der Waals surface area contributed by atoms with E-state index in [4.69, 9.17) is 10.5 Å². The summed E-state index contributed by atoms with van der Waals surface area (Å²) in [4.78, 5) is 11.4. The fourth-order valence-corrected chi connectivity index (χ4v) is 2.28. The number of hydrogen-bond acceptors (Lipinski definition) is 3. The summed E-state index contributed by atoms with van der Waals surface area (Å²) < 4.78 is 5.07. The first-order valence-corrected chi connectivity index (χ1v) is 8.46. The van der Waals surface area contributed by atoms with E-state index in [1.807, 2.05) is 0 Å². The molecule has 0 unspecified atom stereocenters. The van der Waals surface area contributed by atoms with Crippen molar-refractivity contribution in [1.82, 2.24) is 0 Å². The van der Waals surface area contributed by atoms with E-state index in [2.05, 4.69) is 6.92 Å². The monoisotopic (exact) mass is 285 g/mol. The summed E-state index contributed by atoms with van der Waals surface area (Å²) in [6, 6.07) is 0. The van der Waals surface area contributed by atoms with Crippen molar-refractivity contribution < 1.29 is 9.53 Å². The molecule has 2 N–H and O–H groups in total. The number of nitrogens with two attached hydrogens (primary N) is 1. The van der Waals surface area contributed by atoms with Crippen molar-refractivity contribution >= 4 is 5.97 Å². The van der Waals surface area contributed by atoms with Crippen LogP contribution in [0.25, 0.3) is 0 Å². The smallest absolute Gasteiger partial charge is 0.307 e. The van der Waals surface area contributed by atoms with Gasteiger partial charge in [0.15, 0.2) is 5.72 Å². The van der Waals surface area contributed by atoms with Gasteiger partial charge in [-0.05, 0) is 20.3 Å². The highest BCUT2D eigenvalue weighted by Crippen LogP contribution is 2.12. The molecule has 0 heterocycles. The molecule has 0 spiro atoms. The fraction of sp³-hybridized carbons (Fsp3) is 0.941. The minimum absolute atomic E-state index is 0.173. The van der Waals surface area contributed by atoms with Gasteiger partial charge in [-0.3, -0.25) is 10.5 Å². The van der Waals surface area contributed by atoms with E-state index in [1.54, 1.807) is 13.8 Å². The Morgan fingerprint density at radius 3 is 1.65 bits per heavy atom. The van der Waals surface area contributed by atoms with Gasteiger partial charge >= 0.3 is 5.97 Å². The van der Waals surface area contributed by atoms with E-state index in [1.165, 1.54) is 57.8 Å². The second kappa shape index (κ2) is 12.2. The van der Waals surface area contributed by atoms with Crippen LogP contribution < -0.4 is 5.73 Å². The number of hydrogen-bond donors (Lipinski definition) is 1. The maximum Gasteiger partial charge on any atom is 0.307 e. The van der Waals surface area contributed by atoms with Crippen LogP contribution in [0.4, 0.5) is 0 Å². The quantitative estimate of drug-likeness (QED) is 0.297. The largest absolute Gasteiger partial charge is 0.445 e. The van der Waals surface area contributed by atoms with Crippen LogP contribution in [0, 0.1) is 0 Å². The Kier molecular flexibility index (Phi) is 11.8. The number of ether oxygens (including phenoxy) is 1. The summed E-state index contributed by atoms with van der Waals surface area (Å²) >= 11 is 0. The highest BCUT2D eigenvalue weighted by Gasteiger charge is 2.15. The standard InChI is InChI=1S/C17H35NO2/c1-4-5-6-7-8-9-10-11-12-13-14-15-16(19)20-17(2,3)18/h4-15,18H2,1-3H3. The van der Waals surface area contributed by atoms with Gasteiger partial charge in [0, 0.05) is 6.42 Å². The third-order valence-electron chi connectivity index (χ3n) is 3.36. The van der Waals surface area contributed by atoms with E-state index in [9.17, 15) is 4.79 Å². The van der Waals surface area contributed by atoms with Crippen LogP contribution in [0.2, 0.25) is 0 Å². The summed E-state index contributed by atoms with van der Waals surface area (Å²) in [5, 5.41) is 0. The third kappa shape index (κ3) is 15.5. The van der Waals surface area contributed by atoms with Gasteiger partial charge in [-0.2, -0.15) is 0 Å². The van der Waals surface area contributed by atoms with Crippen LogP contribution in [-0.2, 0) is 9.53 Å². The molecule has 0 amide bonds. The molecule has 0 fully saturated rings. The summed E-state index contributed by atoms with van der Waals surface area (Å²) in [6.07, 6.45) is 14.7.